The molecular weight excluding hydrogens is 288 g/mol. The predicted molar refractivity (Wildman–Crippen MR) is 76.9 cm³/mol. The molecule has 7 nitrogen and oxygen atoms in total. The SMILES string of the molecule is O=C(O)c1cc(N=Nc2ccc(CO)cc2)cc(C(=O)O)c1. The summed E-state index contributed by atoms with van der Waals surface area (Å²) in [5.41, 5.74) is 0.993. The van der Waals surface area contributed by atoms with Gasteiger partial charge in [0.15, 0.2) is 0 Å². The summed E-state index contributed by atoms with van der Waals surface area (Å²) in [6, 6.07) is 10.1. The van der Waals surface area contributed by atoms with Crippen LogP contribution in [0.5, 0.6) is 0 Å². The van der Waals surface area contributed by atoms with E-state index in [0.717, 1.165) is 11.6 Å². The zero-order chi connectivity index (χ0) is 16.1. The maximum absolute atomic E-state index is 11.0. The van der Waals surface area contributed by atoms with Crippen LogP contribution < -0.4 is 0 Å². The molecule has 0 spiro atoms. The summed E-state index contributed by atoms with van der Waals surface area (Å²) in [6.07, 6.45) is 0. The number of carboxylic acids is 2. The second kappa shape index (κ2) is 6.59. The number of azo groups is 1. The highest BCUT2D eigenvalue weighted by Crippen LogP contribution is 2.22. The fourth-order valence-corrected chi connectivity index (χ4v) is 1.70. The van der Waals surface area contributed by atoms with Gasteiger partial charge in [-0.05, 0) is 35.9 Å². The van der Waals surface area contributed by atoms with Crippen molar-refractivity contribution in [2.24, 2.45) is 10.2 Å². The molecule has 0 aliphatic carbocycles. The van der Waals surface area contributed by atoms with E-state index in [1.54, 1.807) is 24.3 Å². The Morgan fingerprint density at radius 3 is 1.77 bits per heavy atom. The number of aliphatic hydroxyl groups is 1. The summed E-state index contributed by atoms with van der Waals surface area (Å²) >= 11 is 0. The Bertz CT molecular complexity index is 706. The van der Waals surface area contributed by atoms with Gasteiger partial charge in [0.25, 0.3) is 0 Å². The van der Waals surface area contributed by atoms with Crippen molar-refractivity contribution in [3.8, 4) is 0 Å². The van der Waals surface area contributed by atoms with Gasteiger partial charge in [0.05, 0.1) is 29.1 Å². The standard InChI is InChI=1S/C15H12N2O5/c18-8-9-1-3-12(4-2-9)16-17-13-6-10(14(19)20)5-11(7-13)15(21)22/h1-7,18H,8H2,(H,19,20)(H,21,22). The maximum Gasteiger partial charge on any atom is 0.335 e. The van der Waals surface area contributed by atoms with E-state index in [-0.39, 0.29) is 23.4 Å². The van der Waals surface area contributed by atoms with Crippen LogP contribution >= 0.6 is 0 Å². The quantitative estimate of drug-likeness (QED) is 0.733. The number of carboxylic acid groups (broad SMARTS) is 2. The Labute approximate surface area is 125 Å². The van der Waals surface area contributed by atoms with E-state index < -0.39 is 11.9 Å². The molecule has 0 bridgehead atoms. The van der Waals surface area contributed by atoms with E-state index in [9.17, 15) is 9.59 Å². The molecule has 0 aromatic heterocycles. The molecule has 0 aliphatic rings. The summed E-state index contributed by atoms with van der Waals surface area (Å²) in [5.74, 6) is -2.49. The topological polar surface area (TPSA) is 120 Å². The monoisotopic (exact) mass is 300 g/mol. The van der Waals surface area contributed by atoms with Gasteiger partial charge in [-0.2, -0.15) is 10.2 Å². The molecule has 0 saturated carbocycles. The number of nitrogens with zero attached hydrogens (tertiary/aromatic N) is 2. The van der Waals surface area contributed by atoms with Crippen LogP contribution in [0.4, 0.5) is 11.4 Å². The molecule has 0 fully saturated rings. The first-order valence-electron chi connectivity index (χ1n) is 6.23. The van der Waals surface area contributed by atoms with Gasteiger partial charge in [0.1, 0.15) is 0 Å². The van der Waals surface area contributed by atoms with Crippen molar-refractivity contribution in [3.63, 3.8) is 0 Å². The summed E-state index contributed by atoms with van der Waals surface area (Å²) in [5, 5.41) is 34.6. The Hall–Kier alpha value is -3.06. The molecule has 0 radical (unpaired) electrons. The predicted octanol–water partition coefficient (Wildman–Crippen LogP) is 2.99. The van der Waals surface area contributed by atoms with Crippen LogP contribution in [-0.4, -0.2) is 27.3 Å². The van der Waals surface area contributed by atoms with Crippen molar-refractivity contribution in [3.05, 3.63) is 59.2 Å². The van der Waals surface area contributed by atoms with Gasteiger partial charge >= 0.3 is 11.9 Å². The first-order chi connectivity index (χ1) is 10.5. The minimum atomic E-state index is -1.24. The van der Waals surface area contributed by atoms with E-state index in [1.165, 1.54) is 12.1 Å². The number of carbonyl (C=O) groups is 2. The van der Waals surface area contributed by atoms with E-state index in [2.05, 4.69) is 10.2 Å². The first-order valence-corrected chi connectivity index (χ1v) is 6.23. The number of benzene rings is 2. The van der Waals surface area contributed by atoms with Gasteiger partial charge in [-0.1, -0.05) is 12.1 Å². The van der Waals surface area contributed by atoms with E-state index in [1.807, 2.05) is 0 Å². The Kier molecular flexibility index (Phi) is 4.60. The highest BCUT2D eigenvalue weighted by atomic mass is 16.4. The van der Waals surface area contributed by atoms with Crippen LogP contribution in [0.25, 0.3) is 0 Å². The summed E-state index contributed by atoms with van der Waals surface area (Å²) in [4.78, 5) is 22.0. The van der Waals surface area contributed by atoms with Gasteiger partial charge in [-0.15, -0.1) is 0 Å². The second-order valence-electron chi connectivity index (χ2n) is 4.40. The number of hydrogen-bond donors (Lipinski definition) is 3. The third-order valence-corrected chi connectivity index (χ3v) is 2.81. The molecule has 0 saturated heterocycles. The highest BCUT2D eigenvalue weighted by molar-refractivity contribution is 5.95. The fourth-order valence-electron chi connectivity index (χ4n) is 1.70. The van der Waals surface area contributed by atoms with Crippen molar-refractivity contribution in [2.75, 3.05) is 0 Å². The van der Waals surface area contributed by atoms with Crippen molar-refractivity contribution in [1.29, 1.82) is 0 Å². The Balaban J connectivity index is 2.32. The molecule has 3 N–H and O–H groups in total. The van der Waals surface area contributed by atoms with Crippen molar-refractivity contribution < 1.29 is 24.9 Å². The van der Waals surface area contributed by atoms with E-state index in [4.69, 9.17) is 15.3 Å². The molecule has 7 heteroatoms. The van der Waals surface area contributed by atoms with Gasteiger partial charge in [-0.25, -0.2) is 9.59 Å². The van der Waals surface area contributed by atoms with Crippen LogP contribution in [0.3, 0.4) is 0 Å². The number of aromatic carboxylic acids is 2. The molecule has 22 heavy (non-hydrogen) atoms. The van der Waals surface area contributed by atoms with Crippen LogP contribution in [0.15, 0.2) is 52.7 Å². The zero-order valence-corrected chi connectivity index (χ0v) is 11.3. The second-order valence-corrected chi connectivity index (χ2v) is 4.40. The molecular formula is C15H12N2O5. The van der Waals surface area contributed by atoms with Gasteiger partial charge < -0.3 is 15.3 Å². The molecule has 0 amide bonds. The van der Waals surface area contributed by atoms with Gasteiger partial charge in [-0.3, -0.25) is 0 Å². The summed E-state index contributed by atoms with van der Waals surface area (Å²) in [6.45, 7) is -0.0833. The minimum absolute atomic E-state index is 0.0833. The first kappa shape index (κ1) is 15.3. The lowest BCUT2D eigenvalue weighted by atomic mass is 10.1. The number of hydrogen-bond acceptors (Lipinski definition) is 5. The Morgan fingerprint density at radius 1 is 0.818 bits per heavy atom. The van der Waals surface area contributed by atoms with Gasteiger partial charge in [0, 0.05) is 0 Å². The van der Waals surface area contributed by atoms with E-state index in [0.29, 0.717) is 5.69 Å². The lowest BCUT2D eigenvalue weighted by Gasteiger charge is -2.01. The van der Waals surface area contributed by atoms with Gasteiger partial charge in [0.2, 0.25) is 0 Å². The third kappa shape index (κ3) is 3.74. The lowest BCUT2D eigenvalue weighted by molar-refractivity contribution is 0.0696. The lowest BCUT2D eigenvalue weighted by Crippen LogP contribution is -2.01. The molecule has 2 aromatic carbocycles. The Morgan fingerprint density at radius 2 is 1.32 bits per heavy atom. The summed E-state index contributed by atoms with van der Waals surface area (Å²) < 4.78 is 0. The average molecular weight is 300 g/mol. The largest absolute Gasteiger partial charge is 0.478 e. The maximum atomic E-state index is 11.0. The van der Waals surface area contributed by atoms with Crippen LogP contribution in [0.1, 0.15) is 26.3 Å². The van der Waals surface area contributed by atoms with Crippen molar-refractivity contribution >= 4 is 23.3 Å². The molecule has 0 aliphatic heterocycles. The van der Waals surface area contributed by atoms with Crippen LogP contribution in [0.2, 0.25) is 0 Å². The molecule has 0 unspecified atom stereocenters. The molecule has 0 atom stereocenters. The molecule has 0 heterocycles. The smallest absolute Gasteiger partial charge is 0.335 e. The minimum Gasteiger partial charge on any atom is -0.478 e. The zero-order valence-electron chi connectivity index (χ0n) is 11.3. The molecule has 112 valence electrons. The van der Waals surface area contributed by atoms with Crippen LogP contribution in [0, 0.1) is 0 Å². The normalized spacial score (nSPS) is 10.8. The average Bonchev–Trinajstić information content (AvgIpc) is 2.53. The third-order valence-electron chi connectivity index (χ3n) is 2.81. The van der Waals surface area contributed by atoms with Crippen LogP contribution in [-0.2, 0) is 6.61 Å². The number of aliphatic hydroxyl groups excluding tert-OH is 1. The van der Waals surface area contributed by atoms with Crippen molar-refractivity contribution in [2.45, 2.75) is 6.61 Å². The van der Waals surface area contributed by atoms with Crippen molar-refractivity contribution in [1.82, 2.24) is 0 Å². The number of rotatable bonds is 5. The molecule has 2 aromatic rings. The highest BCUT2D eigenvalue weighted by Gasteiger charge is 2.11. The fraction of sp³-hybridized carbons (Fsp3) is 0.0667. The molecule has 2 rings (SSSR count). The van der Waals surface area contributed by atoms with E-state index >= 15 is 0 Å². The summed E-state index contributed by atoms with van der Waals surface area (Å²) in [7, 11) is 0.